The maximum Gasteiger partial charge on any atom is 0.416 e. The lowest BCUT2D eigenvalue weighted by atomic mass is 10.1. The van der Waals surface area contributed by atoms with E-state index in [1.807, 2.05) is 0 Å². The van der Waals surface area contributed by atoms with Gasteiger partial charge in [0.25, 0.3) is 0 Å². The maximum atomic E-state index is 12.5. The number of aryl methyl sites for hydroxylation is 1. The normalized spacial score (nSPS) is 13.0. The molecule has 142 valence electrons. The summed E-state index contributed by atoms with van der Waals surface area (Å²) in [5.74, 6) is 0. The molecule has 0 saturated carbocycles. The Hall–Kier alpha value is -1.91. The van der Waals surface area contributed by atoms with Crippen LogP contribution in [-0.2, 0) is 32.6 Å². The molecule has 0 saturated heterocycles. The van der Waals surface area contributed by atoms with Crippen molar-refractivity contribution < 1.29 is 30.0 Å². The number of benzene rings is 2. The van der Waals surface area contributed by atoms with Crippen molar-refractivity contribution in [2.45, 2.75) is 29.4 Å². The first-order chi connectivity index (χ1) is 11.8. The van der Waals surface area contributed by atoms with Gasteiger partial charge < -0.3 is 0 Å². The van der Waals surface area contributed by atoms with Gasteiger partial charge in [-0.25, -0.2) is 21.6 Å². The van der Waals surface area contributed by atoms with E-state index in [0.717, 1.165) is 24.5 Å². The highest BCUT2D eigenvalue weighted by Gasteiger charge is 2.30. The molecule has 0 aliphatic carbocycles. The average Bonchev–Trinajstić information content (AvgIpc) is 2.51. The van der Waals surface area contributed by atoms with Gasteiger partial charge in [-0.1, -0.05) is 18.2 Å². The minimum atomic E-state index is -4.47. The predicted molar refractivity (Wildman–Crippen MR) is 89.8 cm³/mol. The van der Waals surface area contributed by atoms with Crippen LogP contribution in [0.5, 0.6) is 0 Å². The third-order valence-corrected chi connectivity index (χ3v) is 6.28. The zero-order valence-corrected chi connectivity index (χ0v) is 15.5. The van der Waals surface area contributed by atoms with Gasteiger partial charge in [0.1, 0.15) is 0 Å². The lowest BCUT2D eigenvalue weighted by molar-refractivity contribution is -0.137. The van der Waals surface area contributed by atoms with E-state index in [1.54, 1.807) is 0 Å². The van der Waals surface area contributed by atoms with Gasteiger partial charge in [0.05, 0.1) is 15.4 Å². The quantitative estimate of drug-likeness (QED) is 0.827. The fourth-order valence-electron chi connectivity index (χ4n) is 2.17. The summed E-state index contributed by atoms with van der Waals surface area (Å²) in [5, 5.41) is 0. The van der Waals surface area contributed by atoms with Crippen molar-refractivity contribution in [2.75, 3.05) is 6.26 Å². The van der Waals surface area contributed by atoms with Crippen LogP contribution in [0.15, 0.2) is 52.3 Å². The molecule has 0 radical (unpaired) electrons. The Kier molecular flexibility index (Phi) is 5.50. The zero-order valence-electron chi connectivity index (χ0n) is 13.8. The standard InChI is InChI=1S/C16H16F3NO4S2/c1-11-3-8-14(25(2,21)22)9-15(11)26(23,24)20-10-12-4-6-13(7-5-12)16(17,18)19/h3-9,20H,10H2,1-2H3. The number of nitrogens with one attached hydrogen (secondary N) is 1. The number of rotatable bonds is 5. The van der Waals surface area contributed by atoms with Crippen LogP contribution in [0.25, 0.3) is 0 Å². The van der Waals surface area contributed by atoms with Crippen LogP contribution >= 0.6 is 0 Å². The van der Waals surface area contributed by atoms with Crippen LogP contribution in [0.3, 0.4) is 0 Å². The molecule has 0 bridgehead atoms. The SMILES string of the molecule is Cc1ccc(S(C)(=O)=O)cc1S(=O)(=O)NCc1ccc(C(F)(F)F)cc1. The van der Waals surface area contributed by atoms with Crippen LogP contribution in [0.1, 0.15) is 16.7 Å². The lowest BCUT2D eigenvalue weighted by Crippen LogP contribution is -2.24. The first-order valence-electron chi connectivity index (χ1n) is 7.27. The molecule has 0 aromatic heterocycles. The van der Waals surface area contributed by atoms with Crippen molar-refractivity contribution in [3.63, 3.8) is 0 Å². The summed E-state index contributed by atoms with van der Waals surface area (Å²) in [6.07, 6.45) is -3.51. The van der Waals surface area contributed by atoms with E-state index < -0.39 is 31.6 Å². The summed E-state index contributed by atoms with van der Waals surface area (Å²) in [7, 11) is -7.63. The largest absolute Gasteiger partial charge is 0.416 e. The van der Waals surface area contributed by atoms with Crippen molar-refractivity contribution in [3.05, 3.63) is 59.2 Å². The Morgan fingerprint density at radius 3 is 2.04 bits per heavy atom. The van der Waals surface area contributed by atoms with Crippen molar-refractivity contribution in [1.82, 2.24) is 4.72 Å². The number of hydrogen-bond acceptors (Lipinski definition) is 4. The molecule has 0 atom stereocenters. The monoisotopic (exact) mass is 407 g/mol. The fourth-order valence-corrected chi connectivity index (χ4v) is 4.18. The Labute approximate surface area is 149 Å². The number of sulfone groups is 1. The van der Waals surface area contributed by atoms with Crippen molar-refractivity contribution in [2.24, 2.45) is 0 Å². The highest BCUT2D eigenvalue weighted by Crippen LogP contribution is 2.29. The average molecular weight is 407 g/mol. The summed E-state index contributed by atoms with van der Waals surface area (Å²) < 4.78 is 88.0. The highest BCUT2D eigenvalue weighted by molar-refractivity contribution is 7.91. The van der Waals surface area contributed by atoms with Gasteiger partial charge in [0.2, 0.25) is 10.0 Å². The lowest BCUT2D eigenvalue weighted by Gasteiger charge is -2.11. The Balaban J connectivity index is 2.24. The molecule has 0 unspecified atom stereocenters. The summed E-state index contributed by atoms with van der Waals surface area (Å²) in [6.45, 7) is 1.28. The first-order valence-corrected chi connectivity index (χ1v) is 10.6. The first kappa shape index (κ1) is 20.4. The molecule has 26 heavy (non-hydrogen) atoms. The van der Waals surface area contributed by atoms with Gasteiger partial charge in [-0.3, -0.25) is 0 Å². The molecular weight excluding hydrogens is 391 g/mol. The molecule has 1 N–H and O–H groups in total. The summed E-state index contributed by atoms with van der Waals surface area (Å²) in [4.78, 5) is -0.342. The summed E-state index contributed by atoms with van der Waals surface area (Å²) in [6, 6.07) is 7.80. The predicted octanol–water partition coefficient (Wildman–Crippen LogP) is 2.90. The molecule has 0 aliphatic rings. The zero-order chi connectivity index (χ0) is 19.8. The Bertz CT molecular complexity index is 1010. The van der Waals surface area contributed by atoms with E-state index in [9.17, 15) is 30.0 Å². The van der Waals surface area contributed by atoms with Crippen LogP contribution in [-0.4, -0.2) is 23.1 Å². The van der Waals surface area contributed by atoms with Crippen molar-refractivity contribution in [1.29, 1.82) is 0 Å². The molecular formula is C16H16F3NO4S2. The second kappa shape index (κ2) is 7.01. The van der Waals surface area contributed by atoms with Crippen LogP contribution in [0.2, 0.25) is 0 Å². The van der Waals surface area contributed by atoms with E-state index in [0.29, 0.717) is 11.1 Å². The topological polar surface area (TPSA) is 80.3 Å². The third-order valence-electron chi connectivity index (χ3n) is 3.62. The number of hydrogen-bond donors (Lipinski definition) is 1. The fraction of sp³-hybridized carbons (Fsp3) is 0.250. The molecule has 10 heteroatoms. The van der Waals surface area contributed by atoms with Crippen molar-refractivity contribution >= 4 is 19.9 Å². The Morgan fingerprint density at radius 2 is 1.54 bits per heavy atom. The second-order valence-corrected chi connectivity index (χ2v) is 9.47. The van der Waals surface area contributed by atoms with Gasteiger partial charge >= 0.3 is 6.18 Å². The number of sulfonamides is 1. The van der Waals surface area contributed by atoms with Gasteiger partial charge in [-0.05, 0) is 42.3 Å². The number of alkyl halides is 3. The van der Waals surface area contributed by atoms with Gasteiger partial charge in [-0.2, -0.15) is 13.2 Å². The molecule has 0 aliphatic heterocycles. The maximum absolute atomic E-state index is 12.5. The molecule has 2 aromatic carbocycles. The smallest absolute Gasteiger partial charge is 0.224 e. The Morgan fingerprint density at radius 1 is 0.962 bits per heavy atom. The van der Waals surface area contributed by atoms with E-state index >= 15 is 0 Å². The van der Waals surface area contributed by atoms with E-state index in [4.69, 9.17) is 0 Å². The molecule has 2 rings (SSSR count). The van der Waals surface area contributed by atoms with Crippen LogP contribution < -0.4 is 4.72 Å². The van der Waals surface area contributed by atoms with Crippen LogP contribution in [0, 0.1) is 6.92 Å². The van der Waals surface area contributed by atoms with Gasteiger partial charge in [-0.15, -0.1) is 0 Å². The minimum Gasteiger partial charge on any atom is -0.224 e. The van der Waals surface area contributed by atoms with E-state index in [1.165, 1.54) is 31.2 Å². The molecule has 0 heterocycles. The number of halogens is 3. The molecule has 2 aromatic rings. The molecule has 0 amide bonds. The van der Waals surface area contributed by atoms with Gasteiger partial charge in [0.15, 0.2) is 9.84 Å². The van der Waals surface area contributed by atoms with Gasteiger partial charge in [0, 0.05) is 12.8 Å². The highest BCUT2D eigenvalue weighted by atomic mass is 32.2. The van der Waals surface area contributed by atoms with E-state index in [-0.39, 0.29) is 16.3 Å². The third kappa shape index (κ3) is 4.83. The summed E-state index contributed by atoms with van der Waals surface area (Å²) >= 11 is 0. The second-order valence-electron chi connectivity index (χ2n) is 5.72. The molecule has 0 fully saturated rings. The van der Waals surface area contributed by atoms with E-state index in [2.05, 4.69) is 4.72 Å². The van der Waals surface area contributed by atoms with Crippen molar-refractivity contribution in [3.8, 4) is 0 Å². The molecule has 0 spiro atoms. The van der Waals surface area contributed by atoms with Crippen LogP contribution in [0.4, 0.5) is 13.2 Å². The summed E-state index contributed by atoms with van der Waals surface area (Å²) in [5.41, 5.74) is -0.156. The molecule has 5 nitrogen and oxygen atoms in total. The minimum absolute atomic E-state index is 0.141.